The number of carbonyl (C=O) groups excluding carboxylic acids is 2. The highest BCUT2D eigenvalue weighted by Gasteiger charge is 2.66. The van der Waals surface area contributed by atoms with E-state index >= 15 is 4.11 Å². The first-order valence-electron chi connectivity index (χ1n) is 14.6. The summed E-state index contributed by atoms with van der Waals surface area (Å²) < 4.78 is 23.2. The lowest BCUT2D eigenvalue weighted by Crippen LogP contribution is -2.45. The first kappa shape index (κ1) is 28.4. The number of aliphatic hydroxyl groups is 1. The van der Waals surface area contributed by atoms with Gasteiger partial charge in [0.15, 0.2) is 5.60 Å². The van der Waals surface area contributed by atoms with Crippen molar-refractivity contribution in [1.29, 1.82) is 0 Å². The Morgan fingerprint density at radius 3 is 2.42 bits per heavy atom. The lowest BCUT2D eigenvalue weighted by atomic mass is 9.82. The van der Waals surface area contributed by atoms with Crippen LogP contribution in [-0.2, 0) is 21.7 Å². The molecule has 9 heteroatoms. The Balaban J connectivity index is 1.22. The molecule has 4 atom stereocenters. The van der Waals surface area contributed by atoms with Crippen LogP contribution in [0.3, 0.4) is 0 Å². The van der Waals surface area contributed by atoms with Gasteiger partial charge in [-0.25, -0.2) is 0 Å². The van der Waals surface area contributed by atoms with Crippen molar-refractivity contribution in [3.05, 3.63) is 100 Å². The molecule has 1 saturated heterocycles. The van der Waals surface area contributed by atoms with Gasteiger partial charge in [0, 0.05) is 39.2 Å². The molecule has 0 aliphatic carbocycles. The minimum Gasteiger partial charge on any atom is -0.396 e. The lowest BCUT2D eigenvalue weighted by Gasteiger charge is -2.31. The Morgan fingerprint density at radius 2 is 1.72 bits per heavy atom. The number of ether oxygens (including phenoxy) is 1. The molecule has 0 radical (unpaired) electrons. The fourth-order valence-electron chi connectivity index (χ4n) is 7.68. The first-order chi connectivity index (χ1) is 20.6. The van der Waals surface area contributed by atoms with Crippen molar-refractivity contribution in [2.75, 3.05) is 16.4 Å². The zero-order chi connectivity index (χ0) is 30.3. The van der Waals surface area contributed by atoms with Gasteiger partial charge in [0.05, 0.1) is 29.6 Å². The maximum atomic E-state index is 15.7. The highest BCUT2D eigenvalue weighted by Crippen LogP contribution is 2.60. The number of nitrogens with zero attached hydrogens (tertiary/aromatic N) is 2. The molecule has 43 heavy (non-hydrogen) atoms. The van der Waals surface area contributed by atoms with Crippen LogP contribution in [0, 0.1) is 5.92 Å². The van der Waals surface area contributed by atoms with Gasteiger partial charge < -0.3 is 18.9 Å². The average Bonchev–Trinajstić information content (AvgIpc) is 3.52. The molecule has 0 saturated carbocycles. The number of halogens is 2. The maximum absolute atomic E-state index is 15.7. The molecule has 1 fully saturated rings. The predicted molar refractivity (Wildman–Crippen MR) is 172 cm³/mol. The van der Waals surface area contributed by atoms with E-state index in [4.69, 9.17) is 4.74 Å². The molecule has 6 nitrogen and oxygen atoms in total. The monoisotopic (exact) mass is 658 g/mol. The Hall–Kier alpha value is -3.37. The molecule has 3 heterocycles. The second kappa shape index (κ2) is 10.1. The van der Waals surface area contributed by atoms with Gasteiger partial charge in [0.25, 0.3) is 11.8 Å². The fourth-order valence-corrected chi connectivity index (χ4v) is 10.6. The number of anilines is 3. The van der Waals surface area contributed by atoms with Crippen LogP contribution >= 0.6 is 15.9 Å². The molecule has 4 aromatic rings. The van der Waals surface area contributed by atoms with Crippen molar-refractivity contribution in [2.45, 2.75) is 50.2 Å². The molecule has 0 unspecified atom stereocenters. The summed E-state index contributed by atoms with van der Waals surface area (Å²) in [5, 5.41) is 11.8. The highest BCUT2D eigenvalue weighted by molar-refractivity contribution is 9.10. The minimum atomic E-state index is -3.26. The molecule has 2 amide bonds. The lowest BCUT2D eigenvalue weighted by molar-refractivity contribution is -0.146. The van der Waals surface area contributed by atoms with Crippen molar-refractivity contribution in [1.82, 2.24) is 0 Å². The van der Waals surface area contributed by atoms with Gasteiger partial charge >= 0.3 is 0 Å². The summed E-state index contributed by atoms with van der Waals surface area (Å²) >= 11 is 3.57. The van der Waals surface area contributed by atoms with Gasteiger partial charge in [-0.05, 0) is 72.9 Å². The summed E-state index contributed by atoms with van der Waals surface area (Å²) in [7, 11) is -3.26. The van der Waals surface area contributed by atoms with Gasteiger partial charge in [-0.15, -0.1) is 0 Å². The summed E-state index contributed by atoms with van der Waals surface area (Å²) in [6, 6.07) is 25.1. The Bertz CT molecular complexity index is 1790. The van der Waals surface area contributed by atoms with E-state index < -0.39 is 31.6 Å². The van der Waals surface area contributed by atoms with E-state index in [2.05, 4.69) is 15.9 Å². The maximum Gasteiger partial charge on any atom is 0.264 e. The van der Waals surface area contributed by atoms with Gasteiger partial charge in [0.1, 0.15) is 0 Å². The number of amides is 2. The second-order valence-corrected chi connectivity index (χ2v) is 17.0. The molecule has 0 bridgehead atoms. The Morgan fingerprint density at radius 1 is 1.00 bits per heavy atom. The molecular weight excluding hydrogens is 627 g/mol. The van der Waals surface area contributed by atoms with E-state index in [9.17, 15) is 14.7 Å². The van der Waals surface area contributed by atoms with Crippen LogP contribution in [-0.4, -0.2) is 38.0 Å². The zero-order valence-corrected chi connectivity index (χ0v) is 26.8. The van der Waals surface area contributed by atoms with E-state index in [1.165, 1.54) is 0 Å². The molecule has 0 aromatic heterocycles. The Labute approximate surface area is 259 Å². The number of hydrogen-bond acceptors (Lipinski definition) is 4. The largest absolute Gasteiger partial charge is 0.396 e. The first-order valence-corrected chi connectivity index (χ1v) is 18.4. The van der Waals surface area contributed by atoms with E-state index in [1.54, 1.807) is 22.9 Å². The van der Waals surface area contributed by atoms with Gasteiger partial charge in [0.2, 0.25) is 8.41 Å². The van der Waals surface area contributed by atoms with Gasteiger partial charge in [-0.1, -0.05) is 59.3 Å². The van der Waals surface area contributed by atoms with Crippen LogP contribution in [0.5, 0.6) is 0 Å². The van der Waals surface area contributed by atoms with E-state index in [-0.39, 0.29) is 24.8 Å². The van der Waals surface area contributed by atoms with Crippen molar-refractivity contribution in [2.24, 2.45) is 5.92 Å². The van der Waals surface area contributed by atoms with Crippen LogP contribution in [0.1, 0.15) is 34.8 Å². The van der Waals surface area contributed by atoms with Crippen molar-refractivity contribution < 1.29 is 23.5 Å². The summed E-state index contributed by atoms with van der Waals surface area (Å²) in [6.07, 6.45) is -0.268. The number of rotatable bonds is 6. The van der Waals surface area contributed by atoms with Crippen LogP contribution in [0.25, 0.3) is 10.8 Å². The molecule has 1 N–H and O–H groups in total. The van der Waals surface area contributed by atoms with Crippen LogP contribution < -0.4 is 9.80 Å². The second-order valence-electron chi connectivity index (χ2n) is 12.3. The van der Waals surface area contributed by atoms with Crippen LogP contribution in [0.4, 0.5) is 21.2 Å². The predicted octanol–water partition coefficient (Wildman–Crippen LogP) is 7.60. The fraction of sp³-hybridized carbons (Fsp3) is 0.294. The molecular formula is C34H32BrFN2O4Si. The minimum absolute atomic E-state index is 0.0607. The number of benzene rings is 4. The van der Waals surface area contributed by atoms with E-state index in [0.717, 1.165) is 43.4 Å². The number of carbonyl (C=O) groups is 2. The third kappa shape index (κ3) is 4.16. The summed E-state index contributed by atoms with van der Waals surface area (Å²) in [5.74, 6) is -0.679. The Kier molecular flexibility index (Phi) is 6.66. The van der Waals surface area contributed by atoms with Crippen LogP contribution in [0.15, 0.2) is 83.3 Å². The summed E-state index contributed by atoms with van der Waals surface area (Å²) in [4.78, 5) is 31.3. The molecule has 220 valence electrons. The van der Waals surface area contributed by atoms with Crippen molar-refractivity contribution in [3.8, 4) is 0 Å². The number of aliphatic hydroxyl groups excluding tert-OH is 1. The van der Waals surface area contributed by atoms with Gasteiger partial charge in [-0.2, -0.15) is 0 Å². The molecule has 4 aromatic carbocycles. The normalized spacial score (nSPS) is 24.6. The average molecular weight is 660 g/mol. The van der Waals surface area contributed by atoms with Crippen molar-refractivity contribution >= 4 is 64.0 Å². The summed E-state index contributed by atoms with van der Waals surface area (Å²) in [5.41, 5.74) is 2.89. The number of fused-ring (bicyclic) bond motifs is 2. The molecule has 3 aliphatic heterocycles. The highest BCUT2D eigenvalue weighted by atomic mass is 79.9. The SMILES string of the molecule is C[C@H]1[C@H]([Si](C)(C)F)[C@@H](CCO)O[C@]12C(=O)N(Cc1ccc(N3C(=O)c4cccc5cccc3c45)cc1)c1ccc(Br)cc12. The van der Waals surface area contributed by atoms with Gasteiger partial charge in [-0.3, -0.25) is 14.5 Å². The van der Waals surface area contributed by atoms with Crippen LogP contribution in [0.2, 0.25) is 18.6 Å². The smallest absolute Gasteiger partial charge is 0.264 e. The topological polar surface area (TPSA) is 70.1 Å². The standard InChI is InChI=1S/C34H32BrFN2O4Si/c1-20-31(43(2,3)36)29(16-17-39)42-34(20)26-18-23(35)12-15-27(26)37(33(34)41)19-21-10-13-24(14-11-21)38-28-9-5-7-22-6-4-8-25(30(22)28)32(38)40/h4-15,18,20,29,31,39H,16-17,19H2,1-3H3/t20-,29+,31-,34+/m0/s1. The van der Waals surface area contributed by atoms with E-state index in [1.807, 2.05) is 85.8 Å². The van der Waals surface area contributed by atoms with E-state index in [0.29, 0.717) is 12.1 Å². The van der Waals surface area contributed by atoms with Crippen molar-refractivity contribution in [3.63, 3.8) is 0 Å². The molecule has 1 spiro atoms. The molecule has 3 aliphatic rings. The molecule has 7 rings (SSSR count). The third-order valence-electron chi connectivity index (χ3n) is 9.43. The third-order valence-corrected chi connectivity index (χ3v) is 12.4. The number of hydrogen-bond donors (Lipinski definition) is 1. The zero-order valence-electron chi connectivity index (χ0n) is 24.2. The quantitative estimate of drug-likeness (QED) is 0.171. The summed E-state index contributed by atoms with van der Waals surface area (Å²) in [6.45, 7) is 5.39.